The summed E-state index contributed by atoms with van der Waals surface area (Å²) in [4.78, 5) is 14.2. The van der Waals surface area contributed by atoms with Gasteiger partial charge in [-0.25, -0.2) is 4.79 Å². The first-order valence-corrected chi connectivity index (χ1v) is 8.12. The van der Waals surface area contributed by atoms with Crippen LogP contribution in [0.15, 0.2) is 24.3 Å². The van der Waals surface area contributed by atoms with Gasteiger partial charge in [0.2, 0.25) is 0 Å². The van der Waals surface area contributed by atoms with Crippen molar-refractivity contribution < 1.29 is 9.90 Å². The van der Waals surface area contributed by atoms with Crippen molar-refractivity contribution in [2.75, 3.05) is 29.9 Å². The van der Waals surface area contributed by atoms with Crippen LogP contribution in [0.25, 0.3) is 0 Å². The molecule has 0 saturated carbocycles. The molecule has 122 valence electrons. The fraction of sp³-hybridized carbons (Fsp3) is 0.588. The third-order valence-corrected chi connectivity index (χ3v) is 4.21. The zero-order chi connectivity index (χ0) is 15.9. The van der Waals surface area contributed by atoms with E-state index in [-0.39, 0.29) is 18.7 Å². The van der Waals surface area contributed by atoms with E-state index in [0.29, 0.717) is 6.42 Å². The summed E-state index contributed by atoms with van der Waals surface area (Å²) in [5.74, 6) is 0.821. The van der Waals surface area contributed by atoms with Crippen LogP contribution < -0.4 is 15.5 Å². The van der Waals surface area contributed by atoms with Crippen molar-refractivity contribution in [3.8, 4) is 0 Å². The summed E-state index contributed by atoms with van der Waals surface area (Å²) in [6.45, 7) is 6.46. The van der Waals surface area contributed by atoms with Crippen LogP contribution in [-0.2, 0) is 0 Å². The number of rotatable bonds is 5. The van der Waals surface area contributed by atoms with E-state index in [4.69, 9.17) is 5.11 Å². The molecule has 3 N–H and O–H groups in total. The van der Waals surface area contributed by atoms with Crippen LogP contribution in [0.4, 0.5) is 16.2 Å². The smallest absolute Gasteiger partial charge is 0.319 e. The quantitative estimate of drug-likeness (QED) is 0.784. The molecule has 0 unspecified atom stereocenters. The average Bonchev–Trinajstić information content (AvgIpc) is 2.49. The Bertz CT molecular complexity index is 467. The summed E-state index contributed by atoms with van der Waals surface area (Å²) in [6, 6.07) is 7.71. The fourth-order valence-corrected chi connectivity index (χ4v) is 2.68. The van der Waals surface area contributed by atoms with Gasteiger partial charge in [-0.05, 0) is 56.4 Å². The molecule has 22 heavy (non-hydrogen) atoms. The highest BCUT2D eigenvalue weighted by Gasteiger charge is 2.16. The van der Waals surface area contributed by atoms with Crippen molar-refractivity contribution in [1.29, 1.82) is 0 Å². The molecule has 0 aromatic heterocycles. The molecule has 5 nitrogen and oxygen atoms in total. The van der Waals surface area contributed by atoms with Crippen LogP contribution in [0.3, 0.4) is 0 Å². The van der Waals surface area contributed by atoms with E-state index in [1.165, 1.54) is 18.5 Å². The van der Waals surface area contributed by atoms with Gasteiger partial charge >= 0.3 is 6.03 Å². The Morgan fingerprint density at radius 3 is 2.55 bits per heavy atom. The van der Waals surface area contributed by atoms with E-state index in [0.717, 1.165) is 24.7 Å². The van der Waals surface area contributed by atoms with Crippen molar-refractivity contribution in [3.63, 3.8) is 0 Å². The topological polar surface area (TPSA) is 64.6 Å². The lowest BCUT2D eigenvalue weighted by Crippen LogP contribution is -2.36. The van der Waals surface area contributed by atoms with E-state index < -0.39 is 0 Å². The molecule has 0 aliphatic carbocycles. The van der Waals surface area contributed by atoms with Gasteiger partial charge in [0.1, 0.15) is 0 Å². The predicted molar refractivity (Wildman–Crippen MR) is 90.4 cm³/mol. The Balaban J connectivity index is 1.85. The second-order valence-corrected chi connectivity index (χ2v) is 6.23. The number of hydrogen-bond acceptors (Lipinski definition) is 3. The highest BCUT2D eigenvalue weighted by molar-refractivity contribution is 5.89. The first kappa shape index (κ1) is 16.6. The molecule has 0 radical (unpaired) electrons. The zero-order valence-electron chi connectivity index (χ0n) is 13.5. The van der Waals surface area contributed by atoms with Gasteiger partial charge in [0.05, 0.1) is 0 Å². The van der Waals surface area contributed by atoms with Crippen molar-refractivity contribution in [2.45, 2.75) is 39.2 Å². The van der Waals surface area contributed by atoms with Gasteiger partial charge in [-0.1, -0.05) is 6.92 Å². The Labute approximate surface area is 132 Å². The third-order valence-electron chi connectivity index (χ3n) is 4.21. The lowest BCUT2D eigenvalue weighted by atomic mass is 9.99. The number of carbonyl (C=O) groups is 1. The van der Waals surface area contributed by atoms with E-state index >= 15 is 0 Å². The van der Waals surface area contributed by atoms with E-state index in [9.17, 15) is 4.79 Å². The van der Waals surface area contributed by atoms with Gasteiger partial charge in [-0.15, -0.1) is 0 Å². The molecule has 1 aromatic rings. The maximum absolute atomic E-state index is 11.8. The average molecular weight is 305 g/mol. The SMILES string of the molecule is CC1CCN(c2ccc(NC(=O)N[C@H](C)CCO)cc2)CC1. The first-order chi connectivity index (χ1) is 10.6. The van der Waals surface area contributed by atoms with Gasteiger partial charge in [0, 0.05) is 37.1 Å². The number of aliphatic hydroxyl groups excluding tert-OH is 1. The number of piperidine rings is 1. The number of benzene rings is 1. The number of nitrogens with one attached hydrogen (secondary N) is 2. The molecule has 1 aromatic carbocycles. The molecule has 5 heteroatoms. The molecule has 1 aliphatic rings. The van der Waals surface area contributed by atoms with Gasteiger partial charge in [-0.3, -0.25) is 0 Å². The predicted octanol–water partition coefficient (Wildman–Crippen LogP) is 2.82. The molecule has 1 fully saturated rings. The second-order valence-electron chi connectivity index (χ2n) is 6.23. The second kappa shape index (κ2) is 8.03. The molecule has 2 rings (SSSR count). The molecule has 2 amide bonds. The first-order valence-electron chi connectivity index (χ1n) is 8.12. The summed E-state index contributed by atoms with van der Waals surface area (Å²) < 4.78 is 0. The minimum atomic E-state index is -0.236. The minimum absolute atomic E-state index is 0.0420. The summed E-state index contributed by atoms with van der Waals surface area (Å²) in [5, 5.41) is 14.4. The molecule has 1 heterocycles. The van der Waals surface area contributed by atoms with Crippen molar-refractivity contribution in [2.24, 2.45) is 5.92 Å². The van der Waals surface area contributed by atoms with Crippen LogP contribution in [-0.4, -0.2) is 36.9 Å². The van der Waals surface area contributed by atoms with E-state index in [1.54, 1.807) is 0 Å². The lowest BCUT2D eigenvalue weighted by Gasteiger charge is -2.32. The molecule has 0 bridgehead atoms. The Morgan fingerprint density at radius 2 is 1.95 bits per heavy atom. The number of aliphatic hydroxyl groups is 1. The normalized spacial score (nSPS) is 17.1. The maximum Gasteiger partial charge on any atom is 0.319 e. The summed E-state index contributed by atoms with van der Waals surface area (Å²) >= 11 is 0. The highest BCUT2D eigenvalue weighted by Crippen LogP contribution is 2.24. The van der Waals surface area contributed by atoms with Crippen LogP contribution in [0.1, 0.15) is 33.1 Å². The van der Waals surface area contributed by atoms with Crippen LogP contribution in [0, 0.1) is 5.92 Å². The van der Waals surface area contributed by atoms with Crippen molar-refractivity contribution in [3.05, 3.63) is 24.3 Å². The molecule has 0 spiro atoms. The number of hydrogen-bond donors (Lipinski definition) is 3. The highest BCUT2D eigenvalue weighted by atomic mass is 16.3. The fourth-order valence-electron chi connectivity index (χ4n) is 2.68. The number of amides is 2. The van der Waals surface area contributed by atoms with Gasteiger partial charge in [0.25, 0.3) is 0 Å². The summed E-state index contributed by atoms with van der Waals surface area (Å²) in [6.07, 6.45) is 3.04. The van der Waals surface area contributed by atoms with Gasteiger partial charge in [0.15, 0.2) is 0 Å². The third kappa shape index (κ3) is 4.91. The summed E-state index contributed by atoms with van der Waals surface area (Å²) in [5.41, 5.74) is 1.99. The van der Waals surface area contributed by atoms with Gasteiger partial charge < -0.3 is 20.6 Å². The van der Waals surface area contributed by atoms with Gasteiger partial charge in [-0.2, -0.15) is 0 Å². The molecular formula is C17H27N3O2. The number of urea groups is 1. The summed E-state index contributed by atoms with van der Waals surface area (Å²) in [7, 11) is 0. The molecular weight excluding hydrogens is 278 g/mol. The van der Waals surface area contributed by atoms with Crippen LogP contribution >= 0.6 is 0 Å². The Morgan fingerprint density at radius 1 is 1.32 bits per heavy atom. The molecule has 1 aliphatic heterocycles. The maximum atomic E-state index is 11.8. The van der Waals surface area contributed by atoms with E-state index in [2.05, 4.69) is 34.6 Å². The number of anilines is 2. The number of nitrogens with zero attached hydrogens (tertiary/aromatic N) is 1. The standard InChI is InChI=1S/C17H27N3O2/c1-13-7-10-20(11-8-13)16-5-3-15(4-6-16)19-17(22)18-14(2)9-12-21/h3-6,13-14,21H,7-12H2,1-2H3,(H2,18,19,22)/t14-/m1/s1. The van der Waals surface area contributed by atoms with Crippen LogP contribution in [0.5, 0.6) is 0 Å². The van der Waals surface area contributed by atoms with Crippen LogP contribution in [0.2, 0.25) is 0 Å². The minimum Gasteiger partial charge on any atom is -0.396 e. The van der Waals surface area contributed by atoms with Crippen molar-refractivity contribution in [1.82, 2.24) is 5.32 Å². The lowest BCUT2D eigenvalue weighted by molar-refractivity contribution is 0.241. The zero-order valence-corrected chi connectivity index (χ0v) is 13.5. The largest absolute Gasteiger partial charge is 0.396 e. The molecule has 1 saturated heterocycles. The molecule has 1 atom stereocenters. The number of carbonyl (C=O) groups excluding carboxylic acids is 1. The van der Waals surface area contributed by atoms with Crippen molar-refractivity contribution >= 4 is 17.4 Å². The Hall–Kier alpha value is -1.75. The Kier molecular flexibility index (Phi) is 6.07. The van der Waals surface area contributed by atoms with E-state index in [1.807, 2.05) is 19.1 Å². The monoisotopic (exact) mass is 305 g/mol.